The first-order valence-electron chi connectivity index (χ1n) is 5.94. The van der Waals surface area contributed by atoms with Crippen LogP contribution in [-0.2, 0) is 9.05 Å². The Morgan fingerprint density at radius 3 is 2.42 bits per heavy atom. The van der Waals surface area contributed by atoms with Gasteiger partial charge in [0.15, 0.2) is 0 Å². The number of carbonyl (C=O) groups excluding carboxylic acids is 1. The minimum Gasteiger partial charge on any atom is -0.347 e. The Labute approximate surface area is 118 Å². The van der Waals surface area contributed by atoms with Gasteiger partial charge in [-0.05, 0) is 44.9 Å². The maximum Gasteiger partial charge on any atom is 0.261 e. The van der Waals surface area contributed by atoms with E-state index in [1.54, 1.807) is 19.1 Å². The molecule has 0 spiro atoms. The molecule has 1 N–H and O–H groups in total. The number of benzene rings is 1. The van der Waals surface area contributed by atoms with Crippen molar-refractivity contribution < 1.29 is 13.2 Å². The van der Waals surface area contributed by atoms with Crippen LogP contribution in [0, 0.1) is 6.92 Å². The van der Waals surface area contributed by atoms with Gasteiger partial charge in [-0.25, -0.2) is 8.42 Å². The van der Waals surface area contributed by atoms with Gasteiger partial charge in [0.2, 0.25) is 0 Å². The highest BCUT2D eigenvalue weighted by molar-refractivity contribution is 8.13. The van der Waals surface area contributed by atoms with Crippen LogP contribution in [0.2, 0.25) is 0 Å². The summed E-state index contributed by atoms with van der Waals surface area (Å²) in [6.07, 6.45) is 0.769. The molecule has 0 aliphatic rings. The van der Waals surface area contributed by atoms with Crippen LogP contribution in [0.25, 0.3) is 0 Å². The van der Waals surface area contributed by atoms with Crippen LogP contribution in [-0.4, -0.2) is 19.9 Å². The van der Waals surface area contributed by atoms with Crippen molar-refractivity contribution in [3.63, 3.8) is 0 Å². The number of halogens is 1. The topological polar surface area (TPSA) is 63.2 Å². The smallest absolute Gasteiger partial charge is 0.261 e. The van der Waals surface area contributed by atoms with Gasteiger partial charge in [-0.15, -0.1) is 0 Å². The van der Waals surface area contributed by atoms with E-state index in [1.807, 2.05) is 20.8 Å². The lowest BCUT2D eigenvalue weighted by atomic mass is 10.0. The first-order chi connectivity index (χ1) is 8.57. The van der Waals surface area contributed by atoms with E-state index in [9.17, 15) is 13.2 Å². The van der Waals surface area contributed by atoms with Gasteiger partial charge in [0, 0.05) is 21.8 Å². The lowest BCUT2D eigenvalue weighted by Gasteiger charge is -2.24. The van der Waals surface area contributed by atoms with Gasteiger partial charge in [-0.2, -0.15) is 0 Å². The summed E-state index contributed by atoms with van der Waals surface area (Å²) in [5.74, 6) is -0.312. The molecule has 0 atom stereocenters. The molecule has 6 heteroatoms. The van der Waals surface area contributed by atoms with Gasteiger partial charge in [0.05, 0.1) is 4.90 Å². The fraction of sp³-hybridized carbons (Fsp3) is 0.462. The second kappa shape index (κ2) is 5.51. The van der Waals surface area contributed by atoms with Crippen LogP contribution < -0.4 is 5.32 Å². The molecule has 1 aromatic carbocycles. The van der Waals surface area contributed by atoms with Crippen molar-refractivity contribution in [2.24, 2.45) is 0 Å². The number of rotatable bonds is 4. The quantitative estimate of drug-likeness (QED) is 0.870. The predicted octanol–water partition coefficient (Wildman–Crippen LogP) is 2.84. The van der Waals surface area contributed by atoms with Gasteiger partial charge in [-0.3, -0.25) is 4.79 Å². The summed E-state index contributed by atoms with van der Waals surface area (Å²) in [7, 11) is 1.49. The molecule has 0 saturated carbocycles. The summed E-state index contributed by atoms with van der Waals surface area (Å²) in [6, 6.07) is 4.46. The Bertz CT molecular complexity index is 594. The predicted molar refractivity (Wildman–Crippen MR) is 76.1 cm³/mol. The molecule has 1 amide bonds. The molecular formula is C13H18ClNO3S. The minimum absolute atomic E-state index is 0.0314. The van der Waals surface area contributed by atoms with E-state index >= 15 is 0 Å². The third-order valence-corrected chi connectivity index (χ3v) is 4.51. The molecule has 19 heavy (non-hydrogen) atoms. The van der Waals surface area contributed by atoms with Crippen LogP contribution >= 0.6 is 10.7 Å². The van der Waals surface area contributed by atoms with Crippen LogP contribution in [0.4, 0.5) is 0 Å². The molecule has 4 nitrogen and oxygen atoms in total. The van der Waals surface area contributed by atoms with Crippen molar-refractivity contribution in [2.45, 2.75) is 44.6 Å². The van der Waals surface area contributed by atoms with E-state index in [2.05, 4.69) is 5.32 Å². The highest BCUT2D eigenvalue weighted by atomic mass is 35.7. The zero-order valence-electron chi connectivity index (χ0n) is 11.5. The highest BCUT2D eigenvalue weighted by Crippen LogP contribution is 2.21. The van der Waals surface area contributed by atoms with E-state index in [0.29, 0.717) is 5.56 Å². The monoisotopic (exact) mass is 303 g/mol. The largest absolute Gasteiger partial charge is 0.347 e. The number of nitrogens with one attached hydrogen (secondary N) is 1. The molecule has 106 valence electrons. The molecule has 0 fully saturated rings. The summed E-state index contributed by atoms with van der Waals surface area (Å²) < 4.78 is 22.8. The van der Waals surface area contributed by atoms with Crippen molar-refractivity contribution in [2.75, 3.05) is 0 Å². The Kier molecular flexibility index (Phi) is 4.63. The van der Waals surface area contributed by atoms with Crippen LogP contribution in [0.15, 0.2) is 23.1 Å². The van der Waals surface area contributed by atoms with Gasteiger partial charge in [-0.1, -0.05) is 13.0 Å². The molecule has 0 bridgehead atoms. The Balaban J connectivity index is 3.14. The maximum atomic E-state index is 12.1. The zero-order valence-corrected chi connectivity index (χ0v) is 13.0. The fourth-order valence-electron chi connectivity index (χ4n) is 1.47. The average molecular weight is 304 g/mol. The lowest BCUT2D eigenvalue weighted by molar-refractivity contribution is 0.0911. The number of hydrogen-bond donors (Lipinski definition) is 1. The number of carbonyl (C=O) groups is 1. The zero-order chi connectivity index (χ0) is 14.8. The summed E-state index contributed by atoms with van der Waals surface area (Å²) >= 11 is 0. The third-order valence-electron chi connectivity index (χ3n) is 3.05. The summed E-state index contributed by atoms with van der Waals surface area (Å²) in [5.41, 5.74) is 0.453. The van der Waals surface area contributed by atoms with E-state index in [4.69, 9.17) is 10.7 Å². The van der Waals surface area contributed by atoms with Gasteiger partial charge >= 0.3 is 0 Å². The molecule has 0 aliphatic heterocycles. The van der Waals surface area contributed by atoms with Crippen molar-refractivity contribution >= 4 is 25.6 Å². The summed E-state index contributed by atoms with van der Waals surface area (Å²) in [4.78, 5) is 12.0. The molecule has 1 aromatic rings. The van der Waals surface area contributed by atoms with Crippen LogP contribution in [0.3, 0.4) is 0 Å². The fourth-order valence-corrected chi connectivity index (χ4v) is 2.69. The molecule has 0 radical (unpaired) electrons. The van der Waals surface area contributed by atoms with Gasteiger partial charge < -0.3 is 5.32 Å². The first kappa shape index (κ1) is 16.0. The van der Waals surface area contributed by atoms with E-state index < -0.39 is 9.05 Å². The number of aryl methyl sites for hydroxylation is 1. The number of amides is 1. The Hall–Kier alpha value is -1.07. The summed E-state index contributed by atoms with van der Waals surface area (Å²) in [5, 5.41) is 2.84. The average Bonchev–Trinajstić information content (AvgIpc) is 2.27. The minimum atomic E-state index is -3.85. The van der Waals surface area contributed by atoms with Crippen LogP contribution in [0.5, 0.6) is 0 Å². The standard InChI is InChI=1S/C13H18ClNO3S/c1-5-13(3,4)15-12(16)10-7-6-9(2)11(8-10)19(14,17)18/h6-8H,5H2,1-4H3,(H,15,16). The van der Waals surface area contributed by atoms with Crippen molar-refractivity contribution in [1.82, 2.24) is 5.32 Å². The number of hydrogen-bond acceptors (Lipinski definition) is 3. The second-order valence-corrected chi connectivity index (χ2v) is 7.64. The Morgan fingerprint density at radius 2 is 1.95 bits per heavy atom. The molecule has 0 aliphatic carbocycles. The second-order valence-electron chi connectivity index (χ2n) is 5.11. The molecule has 0 heterocycles. The van der Waals surface area contributed by atoms with Gasteiger partial charge in [0.25, 0.3) is 15.0 Å². The summed E-state index contributed by atoms with van der Waals surface area (Å²) in [6.45, 7) is 7.40. The van der Waals surface area contributed by atoms with E-state index in [0.717, 1.165) is 6.42 Å². The maximum absolute atomic E-state index is 12.1. The van der Waals surface area contributed by atoms with E-state index in [-0.39, 0.29) is 21.9 Å². The highest BCUT2D eigenvalue weighted by Gasteiger charge is 2.21. The molecular weight excluding hydrogens is 286 g/mol. The lowest BCUT2D eigenvalue weighted by Crippen LogP contribution is -2.42. The molecule has 0 aromatic heterocycles. The normalized spacial score (nSPS) is 12.3. The van der Waals surface area contributed by atoms with Crippen molar-refractivity contribution in [1.29, 1.82) is 0 Å². The molecule has 0 saturated heterocycles. The Morgan fingerprint density at radius 1 is 1.37 bits per heavy atom. The molecule has 1 rings (SSSR count). The van der Waals surface area contributed by atoms with Crippen LogP contribution in [0.1, 0.15) is 43.1 Å². The van der Waals surface area contributed by atoms with Crippen molar-refractivity contribution in [3.05, 3.63) is 29.3 Å². The SMILES string of the molecule is CCC(C)(C)NC(=O)c1ccc(C)c(S(=O)(=O)Cl)c1. The first-order valence-corrected chi connectivity index (χ1v) is 8.25. The third kappa shape index (κ3) is 4.21. The van der Waals surface area contributed by atoms with E-state index in [1.165, 1.54) is 6.07 Å². The van der Waals surface area contributed by atoms with Gasteiger partial charge in [0.1, 0.15) is 0 Å². The molecule has 0 unspecified atom stereocenters. The van der Waals surface area contributed by atoms with Crippen molar-refractivity contribution in [3.8, 4) is 0 Å².